The monoisotopic (exact) mass is 266 g/mol. The number of aromatic nitrogens is 1. The molecule has 0 saturated carbocycles. The van der Waals surface area contributed by atoms with Gasteiger partial charge in [0.05, 0.1) is 4.92 Å². The fourth-order valence-corrected chi connectivity index (χ4v) is 1.84. The molecular formula is C13H22N4O2. The molecule has 0 saturated heterocycles. The Bertz CT molecular complexity index is 410. The van der Waals surface area contributed by atoms with Crippen LogP contribution in [0.4, 0.5) is 17.3 Å². The summed E-state index contributed by atoms with van der Waals surface area (Å²) in [5.41, 5.74) is 5.37. The zero-order valence-electron chi connectivity index (χ0n) is 11.4. The van der Waals surface area contributed by atoms with E-state index in [0.29, 0.717) is 5.82 Å². The molecule has 1 heterocycles. The lowest BCUT2D eigenvalue weighted by atomic mass is 10.1. The third kappa shape index (κ3) is 5.54. The fraction of sp³-hybridized carbons (Fsp3) is 0.615. The summed E-state index contributed by atoms with van der Waals surface area (Å²) >= 11 is 0. The van der Waals surface area contributed by atoms with Crippen molar-refractivity contribution in [2.75, 3.05) is 17.6 Å². The third-order valence-electron chi connectivity index (χ3n) is 2.94. The van der Waals surface area contributed by atoms with E-state index in [0.717, 1.165) is 13.0 Å². The minimum absolute atomic E-state index is 0.0436. The van der Waals surface area contributed by atoms with Gasteiger partial charge in [-0.3, -0.25) is 10.1 Å². The number of nitrogen functional groups attached to an aromatic ring is 1. The lowest BCUT2D eigenvalue weighted by Gasteiger charge is -2.06. The van der Waals surface area contributed by atoms with Gasteiger partial charge in [0.15, 0.2) is 0 Å². The Morgan fingerprint density at radius 2 is 1.95 bits per heavy atom. The van der Waals surface area contributed by atoms with Crippen LogP contribution >= 0.6 is 0 Å². The van der Waals surface area contributed by atoms with Crippen LogP contribution in [0, 0.1) is 10.1 Å². The van der Waals surface area contributed by atoms with Gasteiger partial charge in [-0.15, -0.1) is 0 Å². The van der Waals surface area contributed by atoms with Crippen LogP contribution in [0.3, 0.4) is 0 Å². The maximum Gasteiger partial charge on any atom is 0.311 e. The normalized spacial score (nSPS) is 10.4. The summed E-state index contributed by atoms with van der Waals surface area (Å²) in [6, 6.07) is 2.97. The second kappa shape index (κ2) is 8.29. The number of pyridine rings is 1. The third-order valence-corrected chi connectivity index (χ3v) is 2.94. The second-order valence-corrected chi connectivity index (χ2v) is 4.55. The Morgan fingerprint density at radius 1 is 1.26 bits per heavy atom. The molecule has 0 fully saturated rings. The fourth-order valence-electron chi connectivity index (χ4n) is 1.84. The first kappa shape index (κ1) is 15.2. The Labute approximate surface area is 113 Å². The molecule has 1 rings (SSSR count). The molecule has 106 valence electrons. The Hall–Kier alpha value is -1.85. The van der Waals surface area contributed by atoms with Crippen LogP contribution < -0.4 is 11.1 Å². The van der Waals surface area contributed by atoms with Crippen molar-refractivity contribution in [2.45, 2.75) is 45.4 Å². The molecular weight excluding hydrogens is 244 g/mol. The largest absolute Gasteiger partial charge is 0.378 e. The van der Waals surface area contributed by atoms with E-state index in [4.69, 9.17) is 5.73 Å². The summed E-state index contributed by atoms with van der Waals surface area (Å²) in [7, 11) is 0. The summed E-state index contributed by atoms with van der Waals surface area (Å²) in [6.45, 7) is 3.02. The first-order chi connectivity index (χ1) is 9.15. The van der Waals surface area contributed by atoms with Crippen molar-refractivity contribution >= 4 is 17.3 Å². The number of rotatable bonds is 9. The average Bonchev–Trinajstić information content (AvgIpc) is 2.37. The SMILES string of the molecule is CCCCCCCCNc1ccc([N+](=O)[O-])c(N)n1. The summed E-state index contributed by atoms with van der Waals surface area (Å²) in [5.74, 6) is 0.551. The van der Waals surface area contributed by atoms with Crippen LogP contribution in [0.15, 0.2) is 12.1 Å². The molecule has 0 atom stereocenters. The molecule has 3 N–H and O–H groups in total. The summed E-state index contributed by atoms with van der Waals surface area (Å²) in [5, 5.41) is 13.7. The topological polar surface area (TPSA) is 94.1 Å². The zero-order chi connectivity index (χ0) is 14.1. The van der Waals surface area contributed by atoms with Gasteiger partial charge in [-0.05, 0) is 12.5 Å². The van der Waals surface area contributed by atoms with E-state index in [-0.39, 0.29) is 11.5 Å². The van der Waals surface area contributed by atoms with E-state index in [2.05, 4.69) is 17.2 Å². The molecule has 0 unspecified atom stereocenters. The van der Waals surface area contributed by atoms with E-state index < -0.39 is 4.92 Å². The molecule has 19 heavy (non-hydrogen) atoms. The number of anilines is 2. The van der Waals surface area contributed by atoms with Crippen LogP contribution in [0.5, 0.6) is 0 Å². The molecule has 1 aromatic heterocycles. The molecule has 6 heteroatoms. The van der Waals surface area contributed by atoms with Gasteiger partial charge >= 0.3 is 5.69 Å². The predicted octanol–water partition coefficient (Wildman–Crippen LogP) is 3.34. The molecule has 0 aromatic carbocycles. The highest BCUT2D eigenvalue weighted by molar-refractivity contribution is 5.57. The van der Waals surface area contributed by atoms with Crippen LogP contribution in [0.1, 0.15) is 45.4 Å². The van der Waals surface area contributed by atoms with Crippen molar-refractivity contribution < 1.29 is 4.92 Å². The molecule has 0 amide bonds. The van der Waals surface area contributed by atoms with Crippen LogP contribution in [-0.4, -0.2) is 16.5 Å². The van der Waals surface area contributed by atoms with E-state index >= 15 is 0 Å². The minimum atomic E-state index is -0.528. The van der Waals surface area contributed by atoms with Gasteiger partial charge in [-0.25, -0.2) is 4.98 Å². The van der Waals surface area contributed by atoms with Crippen LogP contribution in [0.25, 0.3) is 0 Å². The number of nitrogens with zero attached hydrogens (tertiary/aromatic N) is 2. The van der Waals surface area contributed by atoms with Gasteiger partial charge in [-0.2, -0.15) is 0 Å². The van der Waals surface area contributed by atoms with Crippen molar-refractivity contribution in [3.8, 4) is 0 Å². The number of nitrogens with two attached hydrogens (primary N) is 1. The number of nitrogens with one attached hydrogen (secondary N) is 1. The van der Waals surface area contributed by atoms with Crippen LogP contribution in [-0.2, 0) is 0 Å². The van der Waals surface area contributed by atoms with E-state index in [1.165, 1.54) is 38.2 Å². The van der Waals surface area contributed by atoms with Crippen molar-refractivity contribution in [2.24, 2.45) is 0 Å². The summed E-state index contributed by atoms with van der Waals surface area (Å²) < 4.78 is 0. The molecule has 0 aliphatic heterocycles. The van der Waals surface area contributed by atoms with E-state index in [1.807, 2.05) is 0 Å². The number of hydrogen-bond donors (Lipinski definition) is 2. The number of unbranched alkanes of at least 4 members (excludes halogenated alkanes) is 5. The van der Waals surface area contributed by atoms with Gasteiger partial charge in [-0.1, -0.05) is 39.0 Å². The number of hydrogen-bond acceptors (Lipinski definition) is 5. The van der Waals surface area contributed by atoms with Crippen molar-refractivity contribution in [1.82, 2.24) is 4.98 Å². The second-order valence-electron chi connectivity index (χ2n) is 4.55. The Balaban J connectivity index is 2.26. The maximum absolute atomic E-state index is 10.6. The van der Waals surface area contributed by atoms with Crippen molar-refractivity contribution in [3.05, 3.63) is 22.2 Å². The molecule has 0 bridgehead atoms. The first-order valence-corrected chi connectivity index (χ1v) is 6.80. The standard InChI is InChI=1S/C13H22N4O2/c1-2-3-4-5-6-7-10-15-12-9-8-11(17(18)19)13(14)16-12/h8-9H,2-7,10H2,1H3,(H3,14,15,16). The lowest BCUT2D eigenvalue weighted by molar-refractivity contribution is -0.384. The van der Waals surface area contributed by atoms with Crippen molar-refractivity contribution in [1.29, 1.82) is 0 Å². The molecule has 6 nitrogen and oxygen atoms in total. The van der Waals surface area contributed by atoms with Gasteiger partial charge in [0.1, 0.15) is 5.82 Å². The van der Waals surface area contributed by atoms with Gasteiger partial charge in [0.2, 0.25) is 5.82 Å². The first-order valence-electron chi connectivity index (χ1n) is 6.80. The quantitative estimate of drug-likeness (QED) is 0.406. The Kier molecular flexibility index (Phi) is 6.63. The molecule has 0 radical (unpaired) electrons. The van der Waals surface area contributed by atoms with E-state index in [9.17, 15) is 10.1 Å². The minimum Gasteiger partial charge on any atom is -0.378 e. The highest BCUT2D eigenvalue weighted by atomic mass is 16.6. The van der Waals surface area contributed by atoms with Crippen LogP contribution in [0.2, 0.25) is 0 Å². The molecule has 1 aromatic rings. The van der Waals surface area contributed by atoms with Gasteiger partial charge < -0.3 is 11.1 Å². The highest BCUT2D eigenvalue weighted by Crippen LogP contribution is 2.20. The van der Waals surface area contributed by atoms with Gasteiger partial charge in [0.25, 0.3) is 0 Å². The zero-order valence-corrected chi connectivity index (χ0v) is 11.4. The van der Waals surface area contributed by atoms with E-state index in [1.54, 1.807) is 6.07 Å². The maximum atomic E-state index is 10.6. The molecule has 0 spiro atoms. The molecule has 0 aliphatic rings. The molecule has 0 aliphatic carbocycles. The highest BCUT2D eigenvalue weighted by Gasteiger charge is 2.12. The summed E-state index contributed by atoms with van der Waals surface area (Å²) in [4.78, 5) is 14.0. The lowest BCUT2D eigenvalue weighted by Crippen LogP contribution is -2.06. The van der Waals surface area contributed by atoms with Crippen molar-refractivity contribution in [3.63, 3.8) is 0 Å². The average molecular weight is 266 g/mol. The Morgan fingerprint density at radius 3 is 2.58 bits per heavy atom. The predicted molar refractivity (Wildman–Crippen MR) is 77.2 cm³/mol. The number of nitro groups is 1. The summed E-state index contributed by atoms with van der Waals surface area (Å²) in [6.07, 6.45) is 7.36. The smallest absolute Gasteiger partial charge is 0.311 e. The van der Waals surface area contributed by atoms with Gasteiger partial charge in [0, 0.05) is 12.6 Å².